The zero-order valence-electron chi connectivity index (χ0n) is 19.1. The first-order chi connectivity index (χ1) is 16.1. The highest BCUT2D eigenvalue weighted by Crippen LogP contribution is 2.32. The molecule has 0 aliphatic rings. The van der Waals surface area contributed by atoms with Gasteiger partial charge in [0, 0.05) is 31.6 Å². The van der Waals surface area contributed by atoms with Gasteiger partial charge in [-0.2, -0.15) is 0 Å². The maximum absolute atomic E-state index is 13.1. The number of likely N-dealkylation sites (N-methyl/N-ethyl adjacent to an activating group) is 1. The van der Waals surface area contributed by atoms with Gasteiger partial charge in [0.25, 0.3) is 5.69 Å². The molecule has 12 heteroatoms. The number of ether oxygens (including phenoxy) is 1. The molecule has 0 spiro atoms. The van der Waals surface area contributed by atoms with E-state index in [1.807, 2.05) is 19.0 Å². The number of non-ortho nitro benzene ring substituents is 1. The van der Waals surface area contributed by atoms with E-state index in [2.05, 4.69) is 4.98 Å². The van der Waals surface area contributed by atoms with Gasteiger partial charge in [-0.15, -0.1) is 0 Å². The van der Waals surface area contributed by atoms with Gasteiger partial charge in [-0.25, -0.2) is 13.4 Å². The second-order valence-electron chi connectivity index (χ2n) is 7.85. The number of fused-ring (bicyclic) bond motifs is 1. The minimum absolute atomic E-state index is 0.0267. The van der Waals surface area contributed by atoms with Gasteiger partial charge in [0.1, 0.15) is 5.75 Å². The lowest BCUT2D eigenvalue weighted by atomic mass is 10.3. The normalized spacial score (nSPS) is 11.6. The summed E-state index contributed by atoms with van der Waals surface area (Å²) in [6.45, 7) is 0.935. The molecule has 0 aliphatic carbocycles. The summed E-state index contributed by atoms with van der Waals surface area (Å²) in [5.41, 5.74) is 0.521. The van der Waals surface area contributed by atoms with Crippen LogP contribution in [-0.4, -0.2) is 69.2 Å². The van der Waals surface area contributed by atoms with Crippen LogP contribution in [0.15, 0.2) is 47.4 Å². The molecule has 2 aromatic carbocycles. The Bertz CT molecular complexity index is 1270. The van der Waals surface area contributed by atoms with E-state index in [9.17, 15) is 23.3 Å². The first kappa shape index (κ1) is 25.5. The Morgan fingerprint density at radius 1 is 1.15 bits per heavy atom. The fourth-order valence-electron chi connectivity index (χ4n) is 3.21. The number of sulfone groups is 1. The Hall–Kier alpha value is -3.09. The molecular weight excluding hydrogens is 480 g/mol. The van der Waals surface area contributed by atoms with E-state index in [0.29, 0.717) is 34.2 Å². The number of amides is 1. The largest absolute Gasteiger partial charge is 0.497 e. The van der Waals surface area contributed by atoms with E-state index in [0.717, 1.165) is 0 Å². The van der Waals surface area contributed by atoms with Crippen LogP contribution < -0.4 is 9.64 Å². The monoisotopic (exact) mass is 506 g/mol. The second kappa shape index (κ2) is 10.9. The number of carbonyl (C=O) groups is 1. The van der Waals surface area contributed by atoms with Gasteiger partial charge in [0.05, 0.1) is 32.9 Å². The van der Waals surface area contributed by atoms with Crippen molar-refractivity contribution in [3.05, 3.63) is 52.6 Å². The highest BCUT2D eigenvalue weighted by Gasteiger charge is 2.22. The van der Waals surface area contributed by atoms with Crippen molar-refractivity contribution in [2.24, 2.45) is 0 Å². The summed E-state index contributed by atoms with van der Waals surface area (Å²) in [5.74, 6) is 0.144. The first-order valence-corrected chi connectivity index (χ1v) is 12.9. The Labute approximate surface area is 201 Å². The summed E-state index contributed by atoms with van der Waals surface area (Å²) in [5, 5.41) is 11.5. The number of anilines is 1. The molecule has 0 fully saturated rings. The van der Waals surface area contributed by atoms with Gasteiger partial charge in [0.2, 0.25) is 5.91 Å². The number of thiazole rings is 1. The van der Waals surface area contributed by atoms with Gasteiger partial charge in [-0.1, -0.05) is 11.3 Å². The van der Waals surface area contributed by atoms with Crippen LogP contribution in [0, 0.1) is 10.1 Å². The van der Waals surface area contributed by atoms with Crippen molar-refractivity contribution in [1.29, 1.82) is 0 Å². The minimum atomic E-state index is -3.54. The van der Waals surface area contributed by atoms with Gasteiger partial charge >= 0.3 is 0 Å². The van der Waals surface area contributed by atoms with E-state index in [1.54, 1.807) is 18.2 Å². The lowest BCUT2D eigenvalue weighted by Crippen LogP contribution is -2.36. The third-order valence-electron chi connectivity index (χ3n) is 5.10. The van der Waals surface area contributed by atoms with Crippen molar-refractivity contribution in [2.45, 2.75) is 17.7 Å². The molecule has 1 amide bonds. The molecule has 1 aromatic heterocycles. The maximum Gasteiger partial charge on any atom is 0.270 e. The predicted molar refractivity (Wildman–Crippen MR) is 131 cm³/mol. The Balaban J connectivity index is 1.73. The standard InChI is InChI=1S/C22H26N4O6S2/c1-24(2)12-13-25(22-23-19-11-6-16(26(28)29)15-20(19)33-22)21(27)5-4-14-34(30,31)18-9-7-17(32-3)8-10-18/h6-11,15H,4-5,12-14H2,1-3H3. The molecule has 10 nitrogen and oxygen atoms in total. The minimum Gasteiger partial charge on any atom is -0.497 e. The summed E-state index contributed by atoms with van der Waals surface area (Å²) in [7, 11) is 1.72. The van der Waals surface area contributed by atoms with Crippen LogP contribution in [0.3, 0.4) is 0 Å². The lowest BCUT2D eigenvalue weighted by molar-refractivity contribution is -0.384. The molecule has 0 bridgehead atoms. The van der Waals surface area contributed by atoms with Crippen LogP contribution in [-0.2, 0) is 14.6 Å². The molecule has 0 N–H and O–H groups in total. The zero-order chi connectivity index (χ0) is 24.9. The number of nitro benzene ring substituents is 1. The van der Waals surface area contributed by atoms with E-state index in [1.165, 1.54) is 47.6 Å². The number of nitro groups is 1. The second-order valence-corrected chi connectivity index (χ2v) is 11.0. The van der Waals surface area contributed by atoms with Crippen molar-refractivity contribution in [1.82, 2.24) is 9.88 Å². The number of rotatable bonds is 11. The molecule has 0 radical (unpaired) electrons. The summed E-state index contributed by atoms with van der Waals surface area (Å²) < 4.78 is 30.9. The third kappa shape index (κ3) is 6.27. The molecule has 3 rings (SSSR count). The molecule has 0 saturated carbocycles. The number of carbonyl (C=O) groups excluding carboxylic acids is 1. The topological polar surface area (TPSA) is 123 Å². The highest BCUT2D eigenvalue weighted by molar-refractivity contribution is 7.91. The molecule has 0 atom stereocenters. The Morgan fingerprint density at radius 3 is 2.47 bits per heavy atom. The summed E-state index contributed by atoms with van der Waals surface area (Å²) in [4.78, 5) is 31.8. The number of methoxy groups -OCH3 is 1. The van der Waals surface area contributed by atoms with Crippen molar-refractivity contribution in [3.8, 4) is 5.75 Å². The smallest absolute Gasteiger partial charge is 0.270 e. The molecule has 3 aromatic rings. The fourth-order valence-corrected chi connectivity index (χ4v) is 5.56. The molecule has 1 heterocycles. The van der Waals surface area contributed by atoms with Crippen LogP contribution in [0.25, 0.3) is 10.2 Å². The van der Waals surface area contributed by atoms with Crippen molar-refractivity contribution < 1.29 is 22.9 Å². The van der Waals surface area contributed by atoms with Crippen molar-refractivity contribution in [3.63, 3.8) is 0 Å². The van der Waals surface area contributed by atoms with Crippen LogP contribution in [0.4, 0.5) is 10.8 Å². The van der Waals surface area contributed by atoms with E-state index < -0.39 is 14.8 Å². The van der Waals surface area contributed by atoms with E-state index in [4.69, 9.17) is 4.74 Å². The number of nitrogens with zero attached hydrogens (tertiary/aromatic N) is 4. The fraction of sp³-hybridized carbons (Fsp3) is 0.364. The quantitative estimate of drug-likeness (QED) is 0.287. The lowest BCUT2D eigenvalue weighted by Gasteiger charge is -2.22. The molecule has 0 aliphatic heterocycles. The van der Waals surface area contributed by atoms with Gasteiger partial charge in [-0.05, 0) is 50.8 Å². The highest BCUT2D eigenvalue weighted by atomic mass is 32.2. The maximum atomic E-state index is 13.1. The number of benzene rings is 2. The average molecular weight is 507 g/mol. The SMILES string of the molecule is COc1ccc(S(=O)(=O)CCCC(=O)N(CCN(C)C)c2nc3ccc([N+](=O)[O-])cc3s2)cc1. The van der Waals surface area contributed by atoms with E-state index in [-0.39, 0.29) is 35.1 Å². The van der Waals surface area contributed by atoms with E-state index >= 15 is 0 Å². The van der Waals surface area contributed by atoms with Crippen LogP contribution >= 0.6 is 11.3 Å². The van der Waals surface area contributed by atoms with Crippen LogP contribution in [0.2, 0.25) is 0 Å². The van der Waals surface area contributed by atoms with Crippen molar-refractivity contribution >= 4 is 48.1 Å². The van der Waals surface area contributed by atoms with Gasteiger partial charge in [-0.3, -0.25) is 19.8 Å². The van der Waals surface area contributed by atoms with Crippen molar-refractivity contribution in [2.75, 3.05) is 44.9 Å². The van der Waals surface area contributed by atoms with Crippen LogP contribution in [0.1, 0.15) is 12.8 Å². The van der Waals surface area contributed by atoms with Gasteiger partial charge < -0.3 is 9.64 Å². The summed E-state index contributed by atoms with van der Waals surface area (Å²) in [6.07, 6.45) is 0.181. The third-order valence-corrected chi connectivity index (χ3v) is 7.95. The Morgan fingerprint density at radius 2 is 1.85 bits per heavy atom. The molecular formula is C22H26N4O6S2. The first-order valence-electron chi connectivity index (χ1n) is 10.5. The van der Waals surface area contributed by atoms with Crippen LogP contribution in [0.5, 0.6) is 5.75 Å². The average Bonchev–Trinajstić information content (AvgIpc) is 3.21. The number of hydrogen-bond donors (Lipinski definition) is 0. The van der Waals surface area contributed by atoms with Gasteiger partial charge in [0.15, 0.2) is 15.0 Å². The molecule has 182 valence electrons. The molecule has 34 heavy (non-hydrogen) atoms. The predicted octanol–water partition coefficient (Wildman–Crippen LogP) is 3.36. The molecule has 0 saturated heterocycles. The zero-order valence-corrected chi connectivity index (χ0v) is 20.8. The summed E-state index contributed by atoms with van der Waals surface area (Å²) in [6, 6.07) is 10.5. The Kier molecular flexibility index (Phi) is 8.18. The number of aromatic nitrogens is 1. The summed E-state index contributed by atoms with van der Waals surface area (Å²) >= 11 is 1.20. The number of hydrogen-bond acceptors (Lipinski definition) is 9. The molecule has 0 unspecified atom stereocenters.